The number of hydrogen-bond acceptors (Lipinski definition) is 8. The molecule has 4 rings (SSSR count). The topological polar surface area (TPSA) is 83.3 Å². The molecule has 0 unspecified atom stereocenters. The molecule has 0 fully saturated rings. The molecule has 0 bridgehead atoms. The van der Waals surface area contributed by atoms with Crippen LogP contribution >= 0.6 is 0 Å². The van der Waals surface area contributed by atoms with Crippen LogP contribution in [0.2, 0.25) is 0 Å². The van der Waals surface area contributed by atoms with E-state index in [2.05, 4.69) is 4.98 Å². The SMILES string of the molecule is CCOC(=O)C(=Cc1ccc(OCCN(C)c2nc3ccccc3o2)cc1)OCCOCc1ccccc1. The van der Waals surface area contributed by atoms with Crippen molar-refractivity contribution in [3.05, 3.63) is 95.7 Å². The van der Waals surface area contributed by atoms with Crippen LogP contribution in [0.5, 0.6) is 5.75 Å². The van der Waals surface area contributed by atoms with Gasteiger partial charge in [0, 0.05) is 7.05 Å². The van der Waals surface area contributed by atoms with Crippen molar-refractivity contribution >= 4 is 29.2 Å². The Hall–Kier alpha value is -4.30. The van der Waals surface area contributed by atoms with Crippen molar-refractivity contribution in [1.82, 2.24) is 4.98 Å². The number of anilines is 1. The summed E-state index contributed by atoms with van der Waals surface area (Å²) >= 11 is 0. The molecule has 198 valence electrons. The summed E-state index contributed by atoms with van der Waals surface area (Å²) in [6, 6.07) is 25.5. The summed E-state index contributed by atoms with van der Waals surface area (Å²) in [7, 11) is 1.91. The molecule has 0 aliphatic heterocycles. The minimum Gasteiger partial charge on any atom is -0.492 e. The Balaban J connectivity index is 1.26. The molecule has 0 aliphatic carbocycles. The van der Waals surface area contributed by atoms with Crippen LogP contribution in [0.25, 0.3) is 17.2 Å². The van der Waals surface area contributed by atoms with Crippen molar-refractivity contribution in [2.24, 2.45) is 0 Å². The molecule has 38 heavy (non-hydrogen) atoms. The number of para-hydroxylation sites is 2. The van der Waals surface area contributed by atoms with Crippen LogP contribution in [0, 0.1) is 0 Å². The van der Waals surface area contributed by atoms with Crippen molar-refractivity contribution in [2.45, 2.75) is 13.5 Å². The first-order valence-electron chi connectivity index (χ1n) is 12.5. The zero-order valence-corrected chi connectivity index (χ0v) is 21.7. The molecule has 0 amide bonds. The highest BCUT2D eigenvalue weighted by atomic mass is 16.6. The van der Waals surface area contributed by atoms with E-state index in [1.54, 1.807) is 13.0 Å². The van der Waals surface area contributed by atoms with Crippen LogP contribution in [-0.2, 0) is 25.6 Å². The Kier molecular flexibility index (Phi) is 9.75. The van der Waals surface area contributed by atoms with Gasteiger partial charge in [0.25, 0.3) is 6.01 Å². The third-order valence-electron chi connectivity index (χ3n) is 5.56. The zero-order valence-electron chi connectivity index (χ0n) is 21.7. The van der Waals surface area contributed by atoms with Gasteiger partial charge in [0.1, 0.15) is 24.5 Å². The van der Waals surface area contributed by atoms with Gasteiger partial charge < -0.3 is 28.3 Å². The molecule has 8 heteroatoms. The van der Waals surface area contributed by atoms with Crippen molar-refractivity contribution in [2.75, 3.05) is 44.9 Å². The average molecular weight is 517 g/mol. The van der Waals surface area contributed by atoms with Gasteiger partial charge in [-0.1, -0.05) is 54.6 Å². The van der Waals surface area contributed by atoms with Crippen LogP contribution in [0.3, 0.4) is 0 Å². The van der Waals surface area contributed by atoms with Crippen molar-refractivity contribution in [3.8, 4) is 5.75 Å². The number of likely N-dealkylation sites (N-methyl/N-ethyl adjacent to an activating group) is 1. The quantitative estimate of drug-likeness (QED) is 0.0943. The lowest BCUT2D eigenvalue weighted by molar-refractivity contribution is -0.142. The van der Waals surface area contributed by atoms with Crippen LogP contribution in [0.15, 0.2) is 89.0 Å². The van der Waals surface area contributed by atoms with E-state index in [1.807, 2.05) is 90.8 Å². The summed E-state index contributed by atoms with van der Waals surface area (Å²) < 4.78 is 28.1. The lowest BCUT2D eigenvalue weighted by Crippen LogP contribution is -2.23. The molecule has 0 N–H and O–H groups in total. The number of nitrogens with zero attached hydrogens (tertiary/aromatic N) is 2. The number of hydrogen-bond donors (Lipinski definition) is 0. The number of carbonyl (C=O) groups is 1. The van der Waals surface area contributed by atoms with Crippen LogP contribution in [-0.4, -0.2) is 51.0 Å². The van der Waals surface area contributed by atoms with E-state index in [0.717, 1.165) is 22.2 Å². The van der Waals surface area contributed by atoms with E-state index >= 15 is 0 Å². The second-order valence-corrected chi connectivity index (χ2v) is 8.42. The molecule has 0 aliphatic rings. The van der Waals surface area contributed by atoms with E-state index in [-0.39, 0.29) is 19.0 Å². The number of esters is 1. The van der Waals surface area contributed by atoms with Crippen molar-refractivity contribution in [1.29, 1.82) is 0 Å². The monoisotopic (exact) mass is 516 g/mol. The highest BCUT2D eigenvalue weighted by Gasteiger charge is 2.13. The standard InChI is InChI=1S/C30H32N2O6/c1-3-35-29(33)28(37-20-19-34-22-24-9-5-4-6-10-24)21-23-13-15-25(16-14-23)36-18-17-32(2)30-31-26-11-7-8-12-27(26)38-30/h4-16,21H,3,17-20,22H2,1-2H3. The fourth-order valence-corrected chi connectivity index (χ4v) is 3.57. The normalized spacial score (nSPS) is 11.4. The molecule has 0 saturated carbocycles. The van der Waals surface area contributed by atoms with Gasteiger partial charge in [0.15, 0.2) is 5.58 Å². The van der Waals surface area contributed by atoms with E-state index < -0.39 is 5.97 Å². The minimum atomic E-state index is -0.516. The number of benzene rings is 3. The Morgan fingerprint density at radius 3 is 2.45 bits per heavy atom. The maximum atomic E-state index is 12.4. The van der Waals surface area contributed by atoms with Gasteiger partial charge >= 0.3 is 5.97 Å². The number of rotatable bonds is 14. The third kappa shape index (κ3) is 7.85. The highest BCUT2D eigenvalue weighted by molar-refractivity contribution is 5.91. The first-order chi connectivity index (χ1) is 18.6. The summed E-state index contributed by atoms with van der Waals surface area (Å²) in [5.74, 6) is 0.322. The Morgan fingerprint density at radius 1 is 0.921 bits per heavy atom. The predicted octanol–water partition coefficient (Wildman–Crippen LogP) is 5.48. The number of fused-ring (bicyclic) bond motifs is 1. The fourth-order valence-electron chi connectivity index (χ4n) is 3.57. The van der Waals surface area contributed by atoms with E-state index in [4.69, 9.17) is 23.4 Å². The van der Waals surface area contributed by atoms with Gasteiger partial charge in [-0.15, -0.1) is 0 Å². The molecule has 0 saturated heterocycles. The number of aromatic nitrogens is 1. The molecule has 1 heterocycles. The van der Waals surface area contributed by atoms with E-state index in [1.165, 1.54) is 0 Å². The van der Waals surface area contributed by atoms with Crippen LogP contribution in [0.1, 0.15) is 18.1 Å². The Labute approximate surface area is 222 Å². The summed E-state index contributed by atoms with van der Waals surface area (Å²) in [4.78, 5) is 18.8. The van der Waals surface area contributed by atoms with Crippen molar-refractivity contribution in [3.63, 3.8) is 0 Å². The van der Waals surface area contributed by atoms with Gasteiger partial charge in [-0.05, 0) is 48.4 Å². The summed E-state index contributed by atoms with van der Waals surface area (Å²) in [5.41, 5.74) is 3.44. The first kappa shape index (κ1) is 26.8. The second-order valence-electron chi connectivity index (χ2n) is 8.42. The highest BCUT2D eigenvalue weighted by Crippen LogP contribution is 2.21. The van der Waals surface area contributed by atoms with Crippen molar-refractivity contribution < 1.29 is 28.2 Å². The molecular weight excluding hydrogens is 484 g/mol. The fraction of sp³-hybridized carbons (Fsp3) is 0.267. The van der Waals surface area contributed by atoms with Crippen LogP contribution in [0.4, 0.5) is 6.01 Å². The maximum Gasteiger partial charge on any atom is 0.373 e. The van der Waals surface area contributed by atoms with Gasteiger partial charge in [0.2, 0.25) is 5.76 Å². The van der Waals surface area contributed by atoms with Gasteiger partial charge in [-0.3, -0.25) is 0 Å². The average Bonchev–Trinajstić information content (AvgIpc) is 3.38. The zero-order chi connectivity index (χ0) is 26.6. The molecule has 0 atom stereocenters. The Morgan fingerprint density at radius 2 is 1.68 bits per heavy atom. The molecule has 3 aromatic carbocycles. The molecule has 0 radical (unpaired) electrons. The van der Waals surface area contributed by atoms with Gasteiger partial charge in [-0.25, -0.2) is 4.79 Å². The summed E-state index contributed by atoms with van der Waals surface area (Å²) in [6.07, 6.45) is 1.65. The number of ether oxygens (including phenoxy) is 4. The van der Waals surface area contributed by atoms with Gasteiger partial charge in [-0.2, -0.15) is 4.98 Å². The van der Waals surface area contributed by atoms with Gasteiger partial charge in [0.05, 0.1) is 26.4 Å². The van der Waals surface area contributed by atoms with Crippen LogP contribution < -0.4 is 9.64 Å². The predicted molar refractivity (Wildman–Crippen MR) is 146 cm³/mol. The number of carbonyl (C=O) groups excluding carboxylic acids is 1. The lowest BCUT2D eigenvalue weighted by atomic mass is 10.2. The molecule has 1 aromatic heterocycles. The smallest absolute Gasteiger partial charge is 0.373 e. The second kappa shape index (κ2) is 13.9. The molecule has 8 nitrogen and oxygen atoms in total. The molecular formula is C30H32N2O6. The first-order valence-corrected chi connectivity index (χ1v) is 12.5. The minimum absolute atomic E-state index is 0.129. The summed E-state index contributed by atoms with van der Waals surface area (Å²) in [6.45, 7) is 4.12. The molecule has 0 spiro atoms. The largest absolute Gasteiger partial charge is 0.492 e. The lowest BCUT2D eigenvalue weighted by Gasteiger charge is -2.15. The molecule has 4 aromatic rings. The van der Waals surface area contributed by atoms with E-state index in [9.17, 15) is 4.79 Å². The van der Waals surface area contributed by atoms with E-state index in [0.29, 0.717) is 38.1 Å². The Bertz CT molecular complexity index is 1280. The number of oxazole rings is 1. The third-order valence-corrected chi connectivity index (χ3v) is 5.56. The summed E-state index contributed by atoms with van der Waals surface area (Å²) in [5, 5.41) is 0. The maximum absolute atomic E-state index is 12.4.